The van der Waals surface area contributed by atoms with Gasteiger partial charge in [0.25, 0.3) is 5.56 Å². The van der Waals surface area contributed by atoms with Crippen LogP contribution in [0, 0.1) is 5.92 Å². The molecule has 0 aliphatic carbocycles. The maximum Gasteiger partial charge on any atom is 0.330 e. The number of carbonyl (C=O) groups is 1. The number of nitrogens with one attached hydrogen (secondary N) is 1. The Hall–Kier alpha value is -4.01. The summed E-state index contributed by atoms with van der Waals surface area (Å²) in [5, 5.41) is 0. The SMILES string of the molecule is COc1ccc(CC(=O)N(CCC(C)C)c2c(N)n(Cc3ccccc3)c(=O)[nH]c2=O)c(OC)c1. The van der Waals surface area contributed by atoms with Crippen molar-refractivity contribution in [1.29, 1.82) is 0 Å². The van der Waals surface area contributed by atoms with Crippen molar-refractivity contribution in [1.82, 2.24) is 9.55 Å². The highest BCUT2D eigenvalue weighted by atomic mass is 16.5. The number of nitrogen functional groups attached to an aromatic ring is 1. The fourth-order valence-corrected chi connectivity index (χ4v) is 3.77. The maximum atomic E-state index is 13.6. The average molecular weight is 481 g/mol. The number of H-pyrrole nitrogens is 1. The van der Waals surface area contributed by atoms with Gasteiger partial charge in [-0.25, -0.2) is 4.79 Å². The zero-order chi connectivity index (χ0) is 25.5. The summed E-state index contributed by atoms with van der Waals surface area (Å²) in [7, 11) is 3.06. The number of aromatic amines is 1. The molecule has 1 heterocycles. The van der Waals surface area contributed by atoms with Gasteiger partial charge in [0.2, 0.25) is 5.91 Å². The van der Waals surface area contributed by atoms with Gasteiger partial charge in [-0.3, -0.25) is 19.1 Å². The fraction of sp³-hybridized carbons (Fsp3) is 0.346. The van der Waals surface area contributed by atoms with Crippen molar-refractivity contribution in [2.45, 2.75) is 33.2 Å². The quantitative estimate of drug-likeness (QED) is 0.461. The van der Waals surface area contributed by atoms with Crippen LogP contribution in [-0.4, -0.2) is 36.2 Å². The number of hydrogen-bond donors (Lipinski definition) is 2. The van der Waals surface area contributed by atoms with Gasteiger partial charge in [0.15, 0.2) is 5.69 Å². The van der Waals surface area contributed by atoms with Crippen LogP contribution in [0.1, 0.15) is 31.4 Å². The number of ether oxygens (including phenoxy) is 2. The number of carbonyl (C=O) groups excluding carboxylic acids is 1. The minimum Gasteiger partial charge on any atom is -0.497 e. The first-order valence-electron chi connectivity index (χ1n) is 11.4. The number of nitrogens with zero attached hydrogens (tertiary/aromatic N) is 2. The largest absolute Gasteiger partial charge is 0.497 e. The molecule has 3 N–H and O–H groups in total. The maximum absolute atomic E-state index is 13.6. The lowest BCUT2D eigenvalue weighted by Crippen LogP contribution is -2.42. The van der Waals surface area contributed by atoms with Crippen LogP contribution in [-0.2, 0) is 17.8 Å². The molecule has 0 bridgehead atoms. The Morgan fingerprint density at radius 3 is 2.43 bits per heavy atom. The van der Waals surface area contributed by atoms with Gasteiger partial charge in [0.1, 0.15) is 17.3 Å². The van der Waals surface area contributed by atoms with Gasteiger partial charge in [0, 0.05) is 18.2 Å². The number of methoxy groups -OCH3 is 2. The smallest absolute Gasteiger partial charge is 0.330 e. The molecular weight excluding hydrogens is 448 g/mol. The van der Waals surface area contributed by atoms with Crippen molar-refractivity contribution in [3.63, 3.8) is 0 Å². The van der Waals surface area contributed by atoms with E-state index in [1.54, 1.807) is 25.3 Å². The summed E-state index contributed by atoms with van der Waals surface area (Å²) >= 11 is 0. The normalized spacial score (nSPS) is 10.9. The number of anilines is 2. The van der Waals surface area contributed by atoms with E-state index in [0.717, 1.165) is 5.56 Å². The molecule has 35 heavy (non-hydrogen) atoms. The van der Waals surface area contributed by atoms with Gasteiger partial charge in [-0.1, -0.05) is 50.2 Å². The first-order chi connectivity index (χ1) is 16.7. The van der Waals surface area contributed by atoms with E-state index in [2.05, 4.69) is 4.98 Å². The fourth-order valence-electron chi connectivity index (χ4n) is 3.77. The summed E-state index contributed by atoms with van der Waals surface area (Å²) in [5.41, 5.74) is 6.49. The monoisotopic (exact) mass is 480 g/mol. The van der Waals surface area contributed by atoms with E-state index in [-0.39, 0.29) is 42.8 Å². The molecule has 3 aromatic rings. The molecule has 3 rings (SSSR count). The van der Waals surface area contributed by atoms with E-state index < -0.39 is 11.2 Å². The van der Waals surface area contributed by atoms with E-state index in [4.69, 9.17) is 15.2 Å². The van der Waals surface area contributed by atoms with Crippen LogP contribution in [0.15, 0.2) is 58.1 Å². The first kappa shape index (κ1) is 25.6. The minimum absolute atomic E-state index is 0.0258. The highest BCUT2D eigenvalue weighted by Crippen LogP contribution is 2.27. The highest BCUT2D eigenvalue weighted by Gasteiger charge is 2.25. The lowest BCUT2D eigenvalue weighted by Gasteiger charge is -2.26. The second kappa shape index (κ2) is 11.4. The highest BCUT2D eigenvalue weighted by molar-refractivity contribution is 5.97. The summed E-state index contributed by atoms with van der Waals surface area (Å²) in [6.45, 7) is 4.48. The average Bonchev–Trinajstić information content (AvgIpc) is 2.84. The zero-order valence-corrected chi connectivity index (χ0v) is 20.5. The predicted octanol–water partition coefficient (Wildman–Crippen LogP) is 2.81. The lowest BCUT2D eigenvalue weighted by atomic mass is 10.1. The molecule has 2 aromatic carbocycles. The van der Waals surface area contributed by atoms with Crippen molar-refractivity contribution in [3.05, 3.63) is 80.5 Å². The zero-order valence-electron chi connectivity index (χ0n) is 20.5. The van der Waals surface area contributed by atoms with Gasteiger partial charge < -0.3 is 20.1 Å². The number of aromatic nitrogens is 2. The van der Waals surface area contributed by atoms with E-state index in [1.807, 2.05) is 44.2 Å². The van der Waals surface area contributed by atoms with E-state index in [1.165, 1.54) is 16.6 Å². The molecule has 0 spiro atoms. The Bertz CT molecular complexity index is 1280. The Kier molecular flexibility index (Phi) is 8.35. The van der Waals surface area contributed by atoms with Crippen LogP contribution < -0.4 is 31.4 Å². The summed E-state index contributed by atoms with van der Waals surface area (Å²) in [4.78, 5) is 42.8. The number of hydrogen-bond acceptors (Lipinski definition) is 6. The van der Waals surface area contributed by atoms with Crippen molar-refractivity contribution in [3.8, 4) is 11.5 Å². The van der Waals surface area contributed by atoms with Crippen LogP contribution in [0.4, 0.5) is 11.5 Å². The third-order valence-electron chi connectivity index (χ3n) is 5.73. The van der Waals surface area contributed by atoms with Crippen molar-refractivity contribution in [2.24, 2.45) is 5.92 Å². The first-order valence-corrected chi connectivity index (χ1v) is 11.4. The second-order valence-electron chi connectivity index (χ2n) is 8.65. The van der Waals surface area contributed by atoms with Crippen LogP contribution in [0.2, 0.25) is 0 Å². The molecule has 0 radical (unpaired) electrons. The summed E-state index contributed by atoms with van der Waals surface area (Å²) < 4.78 is 11.9. The molecule has 9 heteroatoms. The van der Waals surface area contributed by atoms with Crippen molar-refractivity contribution < 1.29 is 14.3 Å². The molecule has 186 valence electrons. The Balaban J connectivity index is 2.04. The van der Waals surface area contributed by atoms with Crippen LogP contribution in [0.3, 0.4) is 0 Å². The van der Waals surface area contributed by atoms with Gasteiger partial charge in [-0.2, -0.15) is 0 Å². The molecule has 0 aliphatic heterocycles. The molecule has 0 atom stereocenters. The van der Waals surface area contributed by atoms with Gasteiger partial charge >= 0.3 is 5.69 Å². The van der Waals surface area contributed by atoms with E-state index >= 15 is 0 Å². The van der Waals surface area contributed by atoms with Gasteiger partial charge in [-0.15, -0.1) is 0 Å². The molecule has 0 aliphatic rings. The molecule has 1 aromatic heterocycles. The van der Waals surface area contributed by atoms with Crippen LogP contribution in [0.25, 0.3) is 0 Å². The third kappa shape index (κ3) is 6.11. The molecule has 1 amide bonds. The molecule has 0 saturated carbocycles. The number of rotatable bonds is 10. The predicted molar refractivity (Wildman–Crippen MR) is 136 cm³/mol. The molecule has 0 saturated heterocycles. The third-order valence-corrected chi connectivity index (χ3v) is 5.73. The standard InChI is InChI=1S/C26H32N4O5/c1-17(2)12-13-29(22(31)14-19-10-11-20(34-3)15-21(19)35-4)23-24(27)30(26(33)28-25(23)32)16-18-8-6-5-7-9-18/h5-11,15,17H,12-14,16,27H2,1-4H3,(H,28,32,33). The number of nitrogens with two attached hydrogens (primary N) is 1. The number of benzene rings is 2. The van der Waals surface area contributed by atoms with Crippen LogP contribution in [0.5, 0.6) is 11.5 Å². The topological polar surface area (TPSA) is 120 Å². The van der Waals surface area contributed by atoms with Crippen LogP contribution >= 0.6 is 0 Å². The minimum atomic E-state index is -0.699. The van der Waals surface area contributed by atoms with Gasteiger partial charge in [-0.05, 0) is 24.0 Å². The Morgan fingerprint density at radius 2 is 1.80 bits per heavy atom. The van der Waals surface area contributed by atoms with E-state index in [0.29, 0.717) is 23.5 Å². The summed E-state index contributed by atoms with van der Waals surface area (Å²) in [5.74, 6) is 0.981. The van der Waals surface area contributed by atoms with E-state index in [9.17, 15) is 14.4 Å². The lowest BCUT2D eigenvalue weighted by molar-refractivity contribution is -0.118. The van der Waals surface area contributed by atoms with Crippen molar-refractivity contribution in [2.75, 3.05) is 31.4 Å². The second-order valence-corrected chi connectivity index (χ2v) is 8.65. The number of amides is 1. The molecular formula is C26H32N4O5. The summed E-state index contributed by atoms with van der Waals surface area (Å²) in [6.07, 6.45) is 0.615. The molecule has 9 nitrogen and oxygen atoms in total. The van der Waals surface area contributed by atoms with Gasteiger partial charge in [0.05, 0.1) is 27.2 Å². The van der Waals surface area contributed by atoms with Crippen molar-refractivity contribution >= 4 is 17.4 Å². The Morgan fingerprint density at radius 1 is 1.09 bits per heavy atom. The molecule has 0 unspecified atom stereocenters. The summed E-state index contributed by atoms with van der Waals surface area (Å²) in [6, 6.07) is 14.5. The Labute approximate surface area is 204 Å². The molecule has 0 fully saturated rings.